The molecule has 144 valence electrons. The molecule has 2 atom stereocenters. The Hall–Kier alpha value is -3.22. The topological polar surface area (TPSA) is 74.0 Å². The smallest absolute Gasteiger partial charge is 0.228 e. The number of benzene rings is 2. The first kappa shape index (κ1) is 18.2. The van der Waals surface area contributed by atoms with Crippen LogP contribution < -0.4 is 10.6 Å². The van der Waals surface area contributed by atoms with E-state index >= 15 is 0 Å². The van der Waals surface area contributed by atoms with E-state index in [-0.39, 0.29) is 23.4 Å². The molecule has 1 saturated carbocycles. The van der Waals surface area contributed by atoms with Crippen molar-refractivity contribution in [2.45, 2.75) is 12.8 Å². The van der Waals surface area contributed by atoms with Crippen molar-refractivity contribution in [3.63, 3.8) is 0 Å². The summed E-state index contributed by atoms with van der Waals surface area (Å²) in [5.74, 6) is -3.35. The Labute approximate surface area is 160 Å². The van der Waals surface area contributed by atoms with Gasteiger partial charge in [0.15, 0.2) is 11.6 Å². The van der Waals surface area contributed by atoms with Gasteiger partial charge in [-0.15, -0.1) is 0 Å². The summed E-state index contributed by atoms with van der Waals surface area (Å²) in [4.78, 5) is 27.6. The SMILES string of the molecule is O=C(NCCc1c[nH]c2ccccc12)C1CC1C(=O)Nc1ccc(F)c(F)c1. The quantitative estimate of drug-likeness (QED) is 0.611. The predicted octanol–water partition coefficient (Wildman–Crippen LogP) is 3.38. The zero-order valence-corrected chi connectivity index (χ0v) is 15.0. The summed E-state index contributed by atoms with van der Waals surface area (Å²) in [5, 5.41) is 6.53. The molecule has 1 aromatic heterocycles. The average Bonchev–Trinajstić information content (AvgIpc) is 3.40. The molecule has 1 aliphatic rings. The summed E-state index contributed by atoms with van der Waals surface area (Å²) in [5.41, 5.74) is 2.36. The number of nitrogens with one attached hydrogen (secondary N) is 3. The second kappa shape index (κ2) is 7.42. The third-order valence-electron chi connectivity index (χ3n) is 5.02. The van der Waals surface area contributed by atoms with Gasteiger partial charge in [-0.3, -0.25) is 9.59 Å². The minimum Gasteiger partial charge on any atom is -0.361 e. The number of carbonyl (C=O) groups is 2. The molecule has 1 fully saturated rings. The fraction of sp³-hybridized carbons (Fsp3) is 0.238. The van der Waals surface area contributed by atoms with Crippen LogP contribution in [0.5, 0.6) is 0 Å². The van der Waals surface area contributed by atoms with Gasteiger partial charge in [-0.25, -0.2) is 8.78 Å². The molecule has 2 aromatic carbocycles. The van der Waals surface area contributed by atoms with Crippen LogP contribution in [0.1, 0.15) is 12.0 Å². The summed E-state index contributed by atoms with van der Waals surface area (Å²) in [6, 6.07) is 11.1. The third kappa shape index (κ3) is 3.74. The van der Waals surface area contributed by atoms with Gasteiger partial charge in [-0.05, 0) is 36.6 Å². The van der Waals surface area contributed by atoms with Crippen molar-refractivity contribution in [2.24, 2.45) is 11.8 Å². The summed E-state index contributed by atoms with van der Waals surface area (Å²) < 4.78 is 26.2. The highest BCUT2D eigenvalue weighted by Gasteiger charge is 2.47. The average molecular weight is 383 g/mol. The van der Waals surface area contributed by atoms with Gasteiger partial charge in [0.05, 0.1) is 11.8 Å². The van der Waals surface area contributed by atoms with Crippen molar-refractivity contribution in [1.82, 2.24) is 10.3 Å². The van der Waals surface area contributed by atoms with Gasteiger partial charge >= 0.3 is 0 Å². The molecule has 3 N–H and O–H groups in total. The molecule has 0 aliphatic heterocycles. The normalized spacial score (nSPS) is 18.1. The number of fused-ring (bicyclic) bond motifs is 1. The van der Waals surface area contributed by atoms with E-state index in [2.05, 4.69) is 15.6 Å². The lowest BCUT2D eigenvalue weighted by atomic mass is 10.1. The van der Waals surface area contributed by atoms with Crippen LogP contribution in [0.4, 0.5) is 14.5 Å². The number of hydrogen-bond donors (Lipinski definition) is 3. The van der Waals surface area contributed by atoms with Gasteiger partial charge in [0, 0.05) is 35.4 Å². The van der Waals surface area contributed by atoms with Crippen LogP contribution in [0.25, 0.3) is 10.9 Å². The van der Waals surface area contributed by atoms with Crippen molar-refractivity contribution in [2.75, 3.05) is 11.9 Å². The number of halogens is 2. The van der Waals surface area contributed by atoms with E-state index in [4.69, 9.17) is 0 Å². The molecule has 2 unspecified atom stereocenters. The lowest BCUT2D eigenvalue weighted by molar-refractivity contribution is -0.125. The molecule has 3 aromatic rings. The van der Waals surface area contributed by atoms with Crippen LogP contribution in [0.3, 0.4) is 0 Å². The minimum atomic E-state index is -1.03. The number of hydrogen-bond acceptors (Lipinski definition) is 2. The lowest BCUT2D eigenvalue weighted by Crippen LogP contribution is -2.29. The van der Waals surface area contributed by atoms with Crippen LogP contribution >= 0.6 is 0 Å². The lowest BCUT2D eigenvalue weighted by Gasteiger charge is -2.06. The number of aromatic nitrogens is 1. The Morgan fingerprint density at radius 3 is 2.64 bits per heavy atom. The van der Waals surface area contributed by atoms with Crippen LogP contribution in [-0.2, 0) is 16.0 Å². The van der Waals surface area contributed by atoms with Crippen molar-refractivity contribution in [3.05, 3.63) is 65.9 Å². The first-order chi connectivity index (χ1) is 13.5. The van der Waals surface area contributed by atoms with Crippen LogP contribution in [0.2, 0.25) is 0 Å². The number of aromatic amines is 1. The predicted molar refractivity (Wildman–Crippen MR) is 102 cm³/mol. The van der Waals surface area contributed by atoms with Crippen molar-refractivity contribution < 1.29 is 18.4 Å². The number of H-pyrrole nitrogens is 1. The molecular formula is C21H19F2N3O2. The van der Waals surface area contributed by atoms with Crippen LogP contribution in [0.15, 0.2) is 48.7 Å². The third-order valence-corrected chi connectivity index (χ3v) is 5.02. The molecule has 7 heteroatoms. The van der Waals surface area contributed by atoms with E-state index in [0.29, 0.717) is 19.4 Å². The van der Waals surface area contributed by atoms with Crippen molar-refractivity contribution in [1.29, 1.82) is 0 Å². The second-order valence-corrected chi connectivity index (χ2v) is 6.97. The highest BCUT2D eigenvalue weighted by atomic mass is 19.2. The summed E-state index contributed by atoms with van der Waals surface area (Å²) >= 11 is 0. The van der Waals surface area contributed by atoms with Gasteiger partial charge < -0.3 is 15.6 Å². The molecule has 0 radical (unpaired) electrons. The monoisotopic (exact) mass is 383 g/mol. The Morgan fingerprint density at radius 2 is 1.82 bits per heavy atom. The van der Waals surface area contributed by atoms with E-state index in [1.165, 1.54) is 6.07 Å². The summed E-state index contributed by atoms with van der Waals surface area (Å²) in [6.07, 6.45) is 3.08. The zero-order chi connectivity index (χ0) is 19.7. The van der Waals surface area contributed by atoms with Gasteiger partial charge in [0.1, 0.15) is 0 Å². The molecule has 2 amide bonds. The molecule has 0 saturated heterocycles. The molecule has 4 rings (SSSR count). The van der Waals surface area contributed by atoms with Gasteiger partial charge in [0.25, 0.3) is 0 Å². The van der Waals surface area contributed by atoms with E-state index in [9.17, 15) is 18.4 Å². The van der Waals surface area contributed by atoms with Crippen molar-refractivity contribution in [3.8, 4) is 0 Å². The first-order valence-electron chi connectivity index (χ1n) is 9.11. The maximum Gasteiger partial charge on any atom is 0.228 e. The van der Waals surface area contributed by atoms with Gasteiger partial charge in [0.2, 0.25) is 11.8 Å². The maximum atomic E-state index is 13.2. The molecule has 5 nitrogen and oxygen atoms in total. The first-order valence-corrected chi connectivity index (χ1v) is 9.11. The molecular weight excluding hydrogens is 364 g/mol. The Morgan fingerprint density at radius 1 is 1.04 bits per heavy atom. The highest BCUT2D eigenvalue weighted by Crippen LogP contribution is 2.39. The zero-order valence-electron chi connectivity index (χ0n) is 15.0. The van der Waals surface area contributed by atoms with E-state index in [0.717, 1.165) is 28.6 Å². The summed E-state index contributed by atoms with van der Waals surface area (Å²) in [7, 11) is 0. The number of rotatable bonds is 6. The second-order valence-electron chi connectivity index (χ2n) is 6.97. The Balaban J connectivity index is 1.26. The number of anilines is 1. The molecule has 28 heavy (non-hydrogen) atoms. The Kier molecular flexibility index (Phi) is 4.81. The van der Waals surface area contributed by atoms with E-state index in [1.807, 2.05) is 30.5 Å². The summed E-state index contributed by atoms with van der Waals surface area (Å²) in [6.45, 7) is 0.481. The highest BCUT2D eigenvalue weighted by molar-refractivity contribution is 5.99. The van der Waals surface area contributed by atoms with E-state index in [1.54, 1.807) is 0 Å². The largest absolute Gasteiger partial charge is 0.361 e. The van der Waals surface area contributed by atoms with E-state index < -0.39 is 17.6 Å². The number of amides is 2. The fourth-order valence-electron chi connectivity index (χ4n) is 3.37. The Bertz CT molecular complexity index is 1050. The fourth-order valence-corrected chi connectivity index (χ4v) is 3.37. The molecule has 0 bridgehead atoms. The van der Waals surface area contributed by atoms with Crippen LogP contribution in [0, 0.1) is 23.5 Å². The van der Waals surface area contributed by atoms with Crippen LogP contribution in [-0.4, -0.2) is 23.3 Å². The number of para-hydroxylation sites is 1. The maximum absolute atomic E-state index is 13.2. The molecule has 0 spiro atoms. The van der Waals surface area contributed by atoms with Gasteiger partial charge in [-0.1, -0.05) is 18.2 Å². The minimum absolute atomic E-state index is 0.162. The number of carbonyl (C=O) groups excluding carboxylic acids is 2. The molecule has 1 heterocycles. The van der Waals surface area contributed by atoms with Gasteiger partial charge in [-0.2, -0.15) is 0 Å². The standard InChI is InChI=1S/C21H19F2N3O2/c22-17-6-5-13(9-18(17)23)26-21(28)16-10-15(16)20(27)24-8-7-12-11-25-19-4-2-1-3-14(12)19/h1-6,9,11,15-16,25H,7-8,10H2,(H,24,27)(H,26,28). The molecule has 1 aliphatic carbocycles. The van der Waals surface area contributed by atoms with Crippen molar-refractivity contribution >= 4 is 28.4 Å².